The molecule has 1 aromatic carbocycles. The van der Waals surface area contributed by atoms with E-state index in [0.717, 1.165) is 11.3 Å². The topological polar surface area (TPSA) is 47.9 Å². The van der Waals surface area contributed by atoms with Gasteiger partial charge in [-0.15, -0.1) is 0 Å². The van der Waals surface area contributed by atoms with Crippen LogP contribution in [0.4, 0.5) is 0 Å². The van der Waals surface area contributed by atoms with E-state index in [1.807, 2.05) is 19.1 Å². The number of hydrogen-bond acceptors (Lipinski definition) is 4. The molecule has 3 unspecified atom stereocenters. The maximum Gasteiger partial charge on any atom is 0.130 e. The summed E-state index contributed by atoms with van der Waals surface area (Å²) in [6, 6.07) is 6.00. The van der Waals surface area contributed by atoms with Gasteiger partial charge in [0.25, 0.3) is 0 Å². The molecule has 2 rings (SSSR count). The van der Waals surface area contributed by atoms with Crippen LogP contribution in [0.15, 0.2) is 18.2 Å². The van der Waals surface area contributed by atoms with Gasteiger partial charge < -0.3 is 19.3 Å². The Kier molecular flexibility index (Phi) is 4.80. The van der Waals surface area contributed by atoms with Gasteiger partial charge in [0.05, 0.1) is 19.3 Å². The van der Waals surface area contributed by atoms with E-state index in [1.54, 1.807) is 7.11 Å². The molecule has 4 nitrogen and oxygen atoms in total. The minimum atomic E-state index is -0.438. The summed E-state index contributed by atoms with van der Waals surface area (Å²) in [4.78, 5) is 0. The SMILES string of the molecule is COCCOC1C(O)CC1Oc1cccc(C)c1C. The standard InChI is InChI=1S/C15H22O4/c1-10-5-4-6-13(11(10)2)19-14-9-12(16)15(14)18-8-7-17-3/h4-6,12,14-16H,7-9H2,1-3H3. The maximum absolute atomic E-state index is 9.73. The Balaban J connectivity index is 1.93. The summed E-state index contributed by atoms with van der Waals surface area (Å²) in [7, 11) is 1.63. The molecule has 0 heterocycles. The highest BCUT2D eigenvalue weighted by molar-refractivity contribution is 5.38. The van der Waals surface area contributed by atoms with Crippen LogP contribution in [-0.4, -0.2) is 43.7 Å². The molecule has 1 fully saturated rings. The molecule has 3 atom stereocenters. The van der Waals surface area contributed by atoms with Gasteiger partial charge >= 0.3 is 0 Å². The fraction of sp³-hybridized carbons (Fsp3) is 0.600. The first-order valence-electron chi connectivity index (χ1n) is 6.65. The van der Waals surface area contributed by atoms with Gasteiger partial charge in [-0.1, -0.05) is 12.1 Å². The lowest BCUT2D eigenvalue weighted by Gasteiger charge is -2.41. The summed E-state index contributed by atoms with van der Waals surface area (Å²) < 4.78 is 16.5. The first kappa shape index (κ1) is 14.3. The average Bonchev–Trinajstić information content (AvgIpc) is 2.39. The van der Waals surface area contributed by atoms with Crippen LogP contribution in [0.3, 0.4) is 0 Å². The van der Waals surface area contributed by atoms with Crippen molar-refractivity contribution in [3.05, 3.63) is 29.3 Å². The second-order valence-corrected chi connectivity index (χ2v) is 4.99. The van der Waals surface area contributed by atoms with Crippen molar-refractivity contribution in [2.75, 3.05) is 20.3 Å². The second-order valence-electron chi connectivity index (χ2n) is 4.99. The first-order chi connectivity index (χ1) is 9.13. The normalized spacial score (nSPS) is 26.0. The Morgan fingerprint density at radius 1 is 1.26 bits per heavy atom. The zero-order valence-corrected chi connectivity index (χ0v) is 11.8. The van der Waals surface area contributed by atoms with Gasteiger partial charge in [0.2, 0.25) is 0 Å². The van der Waals surface area contributed by atoms with Crippen molar-refractivity contribution in [2.24, 2.45) is 0 Å². The van der Waals surface area contributed by atoms with E-state index >= 15 is 0 Å². The molecular formula is C15H22O4. The summed E-state index contributed by atoms with van der Waals surface area (Å²) in [5.41, 5.74) is 2.34. The van der Waals surface area contributed by atoms with Crippen molar-refractivity contribution >= 4 is 0 Å². The van der Waals surface area contributed by atoms with Gasteiger partial charge in [0, 0.05) is 13.5 Å². The highest BCUT2D eigenvalue weighted by atomic mass is 16.6. The molecule has 19 heavy (non-hydrogen) atoms. The third-order valence-corrected chi connectivity index (χ3v) is 3.65. The van der Waals surface area contributed by atoms with Crippen molar-refractivity contribution < 1.29 is 19.3 Å². The van der Waals surface area contributed by atoms with Crippen LogP contribution in [0.1, 0.15) is 17.5 Å². The quantitative estimate of drug-likeness (QED) is 0.798. The van der Waals surface area contributed by atoms with Crippen molar-refractivity contribution in [1.82, 2.24) is 0 Å². The minimum Gasteiger partial charge on any atom is -0.487 e. The van der Waals surface area contributed by atoms with E-state index in [4.69, 9.17) is 14.2 Å². The van der Waals surface area contributed by atoms with Gasteiger partial charge in [-0.05, 0) is 31.0 Å². The highest BCUT2D eigenvalue weighted by Crippen LogP contribution is 2.31. The molecule has 0 bridgehead atoms. The molecule has 0 aromatic heterocycles. The molecule has 1 aliphatic rings. The summed E-state index contributed by atoms with van der Waals surface area (Å²) in [5, 5.41) is 9.73. The fourth-order valence-corrected chi connectivity index (χ4v) is 2.17. The van der Waals surface area contributed by atoms with Crippen molar-refractivity contribution in [3.8, 4) is 5.75 Å². The number of aliphatic hydroxyl groups excluding tert-OH is 1. The van der Waals surface area contributed by atoms with Gasteiger partial charge in [-0.2, -0.15) is 0 Å². The zero-order chi connectivity index (χ0) is 13.8. The van der Waals surface area contributed by atoms with Crippen LogP contribution in [0, 0.1) is 13.8 Å². The van der Waals surface area contributed by atoms with Crippen LogP contribution < -0.4 is 4.74 Å². The molecule has 0 aliphatic heterocycles. The number of ether oxygens (including phenoxy) is 3. The van der Waals surface area contributed by atoms with Gasteiger partial charge in [-0.25, -0.2) is 0 Å². The Morgan fingerprint density at radius 3 is 2.74 bits per heavy atom. The highest BCUT2D eigenvalue weighted by Gasteiger charge is 2.43. The van der Waals surface area contributed by atoms with Crippen LogP contribution in [0.25, 0.3) is 0 Å². The molecule has 0 saturated heterocycles. The molecule has 1 aromatic rings. The number of methoxy groups -OCH3 is 1. The van der Waals surface area contributed by atoms with Crippen LogP contribution in [0.2, 0.25) is 0 Å². The average molecular weight is 266 g/mol. The number of rotatable bonds is 6. The molecule has 1 saturated carbocycles. The smallest absolute Gasteiger partial charge is 0.130 e. The van der Waals surface area contributed by atoms with E-state index in [2.05, 4.69) is 13.0 Å². The van der Waals surface area contributed by atoms with Crippen molar-refractivity contribution in [3.63, 3.8) is 0 Å². The van der Waals surface area contributed by atoms with Crippen LogP contribution in [-0.2, 0) is 9.47 Å². The first-order valence-corrected chi connectivity index (χ1v) is 6.65. The van der Waals surface area contributed by atoms with Gasteiger partial charge in [0.15, 0.2) is 0 Å². The van der Waals surface area contributed by atoms with E-state index in [9.17, 15) is 5.11 Å². The lowest BCUT2D eigenvalue weighted by atomic mass is 9.88. The van der Waals surface area contributed by atoms with Gasteiger partial charge in [-0.3, -0.25) is 0 Å². The van der Waals surface area contributed by atoms with E-state index in [0.29, 0.717) is 19.6 Å². The number of aryl methyl sites for hydroxylation is 1. The number of hydrogen-bond donors (Lipinski definition) is 1. The molecule has 1 N–H and O–H groups in total. The molecule has 4 heteroatoms. The largest absolute Gasteiger partial charge is 0.487 e. The van der Waals surface area contributed by atoms with Crippen molar-refractivity contribution in [2.45, 2.75) is 38.6 Å². The third-order valence-electron chi connectivity index (χ3n) is 3.65. The summed E-state index contributed by atoms with van der Waals surface area (Å²) >= 11 is 0. The van der Waals surface area contributed by atoms with Gasteiger partial charge in [0.1, 0.15) is 18.0 Å². The third kappa shape index (κ3) is 3.26. The van der Waals surface area contributed by atoms with E-state index in [1.165, 1.54) is 5.56 Å². The Bertz CT molecular complexity index is 419. The summed E-state index contributed by atoms with van der Waals surface area (Å²) in [5.74, 6) is 0.872. The Hall–Kier alpha value is -1.10. The maximum atomic E-state index is 9.73. The predicted molar refractivity (Wildman–Crippen MR) is 72.6 cm³/mol. The van der Waals surface area contributed by atoms with Crippen LogP contribution in [0.5, 0.6) is 5.75 Å². The monoisotopic (exact) mass is 266 g/mol. The predicted octanol–water partition coefficient (Wildman–Crippen LogP) is 1.85. The Morgan fingerprint density at radius 2 is 2.05 bits per heavy atom. The minimum absolute atomic E-state index is 0.0765. The lowest BCUT2D eigenvalue weighted by molar-refractivity contribution is -0.167. The van der Waals surface area contributed by atoms with E-state index < -0.39 is 6.10 Å². The number of benzene rings is 1. The molecule has 0 amide bonds. The van der Waals surface area contributed by atoms with Crippen molar-refractivity contribution in [1.29, 1.82) is 0 Å². The molecule has 1 aliphatic carbocycles. The van der Waals surface area contributed by atoms with Crippen LogP contribution >= 0.6 is 0 Å². The fourth-order valence-electron chi connectivity index (χ4n) is 2.17. The second kappa shape index (κ2) is 6.37. The Labute approximate surface area is 114 Å². The molecule has 0 radical (unpaired) electrons. The molecule has 0 spiro atoms. The number of aliphatic hydroxyl groups is 1. The summed E-state index contributed by atoms with van der Waals surface area (Å²) in [6.45, 7) is 5.11. The molecular weight excluding hydrogens is 244 g/mol. The zero-order valence-electron chi connectivity index (χ0n) is 11.8. The van der Waals surface area contributed by atoms with E-state index in [-0.39, 0.29) is 12.2 Å². The molecule has 106 valence electrons. The summed E-state index contributed by atoms with van der Waals surface area (Å²) in [6.07, 6.45) is -0.153. The lowest BCUT2D eigenvalue weighted by Crippen LogP contribution is -2.55.